The molecule has 1 saturated heterocycles. The number of benzene rings is 2. The normalized spacial score (nSPS) is 18.4. The summed E-state index contributed by atoms with van der Waals surface area (Å²) in [6, 6.07) is 1.40. The molecule has 0 bridgehead atoms. The fourth-order valence-electron chi connectivity index (χ4n) is 4.89. The van der Waals surface area contributed by atoms with Crippen LogP contribution in [-0.2, 0) is 17.1 Å². The van der Waals surface area contributed by atoms with E-state index in [1.165, 1.54) is 17.0 Å². The fraction of sp³-hybridized carbons (Fsp3) is 0.481. The second-order valence-electron chi connectivity index (χ2n) is 9.84. The number of hydrogen-bond donors (Lipinski definition) is 3. The van der Waals surface area contributed by atoms with E-state index in [9.17, 15) is 45.4 Å². The zero-order chi connectivity index (χ0) is 31.4. The van der Waals surface area contributed by atoms with Gasteiger partial charge in [-0.15, -0.1) is 0 Å². The molecule has 0 spiro atoms. The van der Waals surface area contributed by atoms with E-state index in [-0.39, 0.29) is 38.6 Å². The Morgan fingerprint density at radius 1 is 1.07 bits per heavy atom. The van der Waals surface area contributed by atoms with Crippen LogP contribution in [0, 0.1) is 12.7 Å². The van der Waals surface area contributed by atoms with Gasteiger partial charge in [-0.3, -0.25) is 0 Å². The molecule has 15 heteroatoms. The Hall–Kier alpha value is -3.59. The van der Waals surface area contributed by atoms with E-state index in [2.05, 4.69) is 5.32 Å². The summed E-state index contributed by atoms with van der Waals surface area (Å²) in [7, 11) is 1.14. The first kappa shape index (κ1) is 32.9. The summed E-state index contributed by atoms with van der Waals surface area (Å²) in [5, 5.41) is 21.3. The van der Waals surface area contributed by atoms with Crippen LogP contribution in [0.4, 0.5) is 40.3 Å². The van der Waals surface area contributed by atoms with Gasteiger partial charge in [0.05, 0.1) is 36.4 Å². The lowest BCUT2D eigenvalue weighted by atomic mass is 9.90. The van der Waals surface area contributed by atoms with Crippen molar-refractivity contribution in [2.75, 3.05) is 33.4 Å². The summed E-state index contributed by atoms with van der Waals surface area (Å²) < 4.78 is 100.0. The van der Waals surface area contributed by atoms with Gasteiger partial charge in [0.2, 0.25) is 0 Å². The number of aryl methyl sites for hydroxylation is 1. The van der Waals surface area contributed by atoms with Crippen molar-refractivity contribution >= 4 is 12.1 Å². The average molecular weight is 610 g/mol. The molecule has 0 aromatic heterocycles. The largest absolute Gasteiger partial charge is 0.446 e. The number of piperidine rings is 1. The average Bonchev–Trinajstić information content (AvgIpc) is 2.90. The third-order valence-electron chi connectivity index (χ3n) is 6.98. The number of ether oxygens (including phenoxy) is 1. The van der Waals surface area contributed by atoms with Crippen molar-refractivity contribution in [1.82, 2.24) is 15.1 Å². The molecule has 0 radical (unpaired) electrons. The van der Waals surface area contributed by atoms with Crippen LogP contribution in [0.1, 0.15) is 52.7 Å². The van der Waals surface area contributed by atoms with Gasteiger partial charge in [-0.05, 0) is 53.9 Å². The molecule has 8 nitrogen and oxygen atoms in total. The van der Waals surface area contributed by atoms with Gasteiger partial charge < -0.3 is 30.1 Å². The minimum Gasteiger partial charge on any atom is -0.446 e. The van der Waals surface area contributed by atoms with E-state index < -0.39 is 71.8 Å². The van der Waals surface area contributed by atoms with E-state index in [1.54, 1.807) is 6.92 Å². The maximum Gasteiger partial charge on any atom is 0.416 e. The molecule has 3 rings (SSSR count). The number of alkyl carbamates (subject to hydrolysis) is 1. The smallest absolute Gasteiger partial charge is 0.416 e. The zero-order valence-corrected chi connectivity index (χ0v) is 22.6. The molecule has 3 amide bonds. The lowest BCUT2D eigenvalue weighted by Gasteiger charge is -2.42. The second kappa shape index (κ2) is 13.2. The first-order valence-corrected chi connectivity index (χ1v) is 12.8. The van der Waals surface area contributed by atoms with Gasteiger partial charge in [0, 0.05) is 33.0 Å². The Morgan fingerprint density at radius 3 is 2.21 bits per heavy atom. The van der Waals surface area contributed by atoms with Crippen molar-refractivity contribution in [2.24, 2.45) is 0 Å². The number of rotatable bonds is 7. The van der Waals surface area contributed by atoms with Crippen molar-refractivity contribution in [3.8, 4) is 0 Å². The monoisotopic (exact) mass is 609 g/mol. The number of aliphatic hydroxyl groups excluding tert-OH is 2. The summed E-state index contributed by atoms with van der Waals surface area (Å²) in [6.45, 7) is 0.146. The van der Waals surface area contributed by atoms with Gasteiger partial charge in [-0.25, -0.2) is 14.0 Å². The molecule has 3 atom stereocenters. The van der Waals surface area contributed by atoms with E-state index in [4.69, 9.17) is 9.84 Å². The zero-order valence-electron chi connectivity index (χ0n) is 22.6. The number of hydrogen-bond acceptors (Lipinski definition) is 5. The van der Waals surface area contributed by atoms with Crippen LogP contribution >= 0.6 is 0 Å². The van der Waals surface area contributed by atoms with Crippen molar-refractivity contribution in [3.63, 3.8) is 0 Å². The first-order chi connectivity index (χ1) is 19.6. The molecule has 2 aromatic carbocycles. The molecule has 1 aliphatic rings. The van der Waals surface area contributed by atoms with Gasteiger partial charge in [-0.2, -0.15) is 26.3 Å². The highest BCUT2D eigenvalue weighted by Gasteiger charge is 2.40. The predicted molar refractivity (Wildman–Crippen MR) is 135 cm³/mol. The van der Waals surface area contributed by atoms with Gasteiger partial charge in [-0.1, -0.05) is 6.07 Å². The quantitative estimate of drug-likeness (QED) is 0.376. The van der Waals surface area contributed by atoms with Crippen molar-refractivity contribution < 1.29 is 55.3 Å². The fourth-order valence-corrected chi connectivity index (χ4v) is 4.89. The maximum absolute atomic E-state index is 13.9. The lowest BCUT2D eigenvalue weighted by molar-refractivity contribution is -0.143. The summed E-state index contributed by atoms with van der Waals surface area (Å²) in [5.41, 5.74) is -2.85. The number of alkyl halides is 6. The Bertz CT molecular complexity index is 1240. The topological polar surface area (TPSA) is 102 Å². The highest BCUT2D eigenvalue weighted by Crippen LogP contribution is 2.40. The second-order valence-corrected chi connectivity index (χ2v) is 9.84. The number of likely N-dealkylation sites (N-methyl/N-ethyl adjacent to an activating group) is 1. The molecule has 0 unspecified atom stereocenters. The Kier molecular flexibility index (Phi) is 10.3. The van der Waals surface area contributed by atoms with E-state index in [0.29, 0.717) is 23.3 Å². The van der Waals surface area contributed by atoms with Crippen LogP contribution in [-0.4, -0.2) is 71.6 Å². The summed E-state index contributed by atoms with van der Waals surface area (Å²) in [5.74, 6) is -0.552. The number of nitrogens with zero attached hydrogens (tertiary/aromatic N) is 2. The Balaban J connectivity index is 1.97. The number of amides is 3. The molecule has 1 fully saturated rings. The molecule has 2 aromatic rings. The minimum absolute atomic E-state index is 0.0319. The van der Waals surface area contributed by atoms with Crippen LogP contribution in [0.15, 0.2) is 36.4 Å². The molecule has 0 saturated carbocycles. The number of halogens is 7. The molecule has 232 valence electrons. The molecule has 1 aliphatic heterocycles. The molecular formula is C27H30F7N3O5. The van der Waals surface area contributed by atoms with Crippen LogP contribution in [0.3, 0.4) is 0 Å². The maximum atomic E-state index is 13.9. The van der Waals surface area contributed by atoms with E-state index >= 15 is 0 Å². The van der Waals surface area contributed by atoms with E-state index in [0.717, 1.165) is 18.0 Å². The molecule has 0 aliphatic carbocycles. The Morgan fingerprint density at radius 2 is 1.69 bits per heavy atom. The van der Waals surface area contributed by atoms with Crippen molar-refractivity contribution in [2.45, 2.75) is 50.3 Å². The summed E-state index contributed by atoms with van der Waals surface area (Å²) in [6.07, 6.45) is -11.6. The van der Waals surface area contributed by atoms with E-state index in [1.807, 2.05) is 0 Å². The molecular weight excluding hydrogens is 579 g/mol. The van der Waals surface area contributed by atoms with Gasteiger partial charge in [0.1, 0.15) is 11.9 Å². The third-order valence-corrected chi connectivity index (χ3v) is 6.98. The number of nitrogens with one attached hydrogen (secondary N) is 1. The summed E-state index contributed by atoms with van der Waals surface area (Å²) >= 11 is 0. The standard InChI is InChI=1S/C27H30F7N3O5/c1-15-9-19(28)3-4-21(15)22-13-20(42-24(40)35-6-8-38)5-7-37(22)25(41)36(2)23(14-39)16-10-17(26(29,30)31)12-18(11-16)27(32,33)34/h3-4,9-12,20,22-23,38-39H,5-8,13-14H2,1-2H3,(H,35,40)/t20-,22+,23+/m0/s1. The number of aliphatic hydroxyl groups is 2. The highest BCUT2D eigenvalue weighted by atomic mass is 19.4. The van der Waals surface area contributed by atoms with Crippen LogP contribution < -0.4 is 5.32 Å². The van der Waals surface area contributed by atoms with Gasteiger partial charge >= 0.3 is 24.5 Å². The van der Waals surface area contributed by atoms with Crippen LogP contribution in [0.2, 0.25) is 0 Å². The predicted octanol–water partition coefficient (Wildman–Crippen LogP) is 5.18. The lowest BCUT2D eigenvalue weighted by Crippen LogP contribution is -2.50. The number of urea groups is 1. The number of likely N-dealkylation sites (tertiary alicyclic amines) is 1. The Labute approximate surface area is 236 Å². The third kappa shape index (κ3) is 7.82. The van der Waals surface area contributed by atoms with Gasteiger partial charge in [0.25, 0.3) is 0 Å². The van der Waals surface area contributed by atoms with Gasteiger partial charge in [0.15, 0.2) is 0 Å². The molecule has 42 heavy (non-hydrogen) atoms. The van der Waals surface area contributed by atoms with Crippen LogP contribution in [0.25, 0.3) is 0 Å². The highest BCUT2D eigenvalue weighted by molar-refractivity contribution is 5.76. The molecule has 3 N–H and O–H groups in total. The van der Waals surface area contributed by atoms with Crippen molar-refractivity contribution in [1.29, 1.82) is 0 Å². The SMILES string of the molecule is Cc1cc(F)ccc1[C@H]1C[C@@H](OC(=O)NCCO)CCN1C(=O)N(C)[C@H](CO)c1cc(C(F)(F)F)cc(C(F)(F)F)c1. The number of carbonyl (C=O) groups is 2. The molecule has 1 heterocycles. The van der Waals surface area contributed by atoms with Crippen LogP contribution in [0.5, 0.6) is 0 Å². The first-order valence-electron chi connectivity index (χ1n) is 12.8. The summed E-state index contributed by atoms with van der Waals surface area (Å²) in [4.78, 5) is 27.9. The minimum atomic E-state index is -5.13. The van der Waals surface area contributed by atoms with Crippen molar-refractivity contribution in [3.05, 3.63) is 70.0 Å². The number of carbonyl (C=O) groups excluding carboxylic acids is 2.